The number of rotatable bonds is 1. The molecule has 1 aromatic carbocycles. The molecule has 0 amide bonds. The molecule has 0 bridgehead atoms. The average molecular weight is 272 g/mol. The number of allylic oxidation sites excluding steroid dienone is 1. The molecule has 2 heterocycles. The topological polar surface area (TPSA) is 0 Å². The van der Waals surface area contributed by atoms with Gasteiger partial charge < -0.3 is 0 Å². The Morgan fingerprint density at radius 3 is 2.44 bits per heavy atom. The van der Waals surface area contributed by atoms with Crippen LogP contribution in [0.4, 0.5) is 0 Å². The van der Waals surface area contributed by atoms with E-state index in [0.29, 0.717) is 0 Å². The van der Waals surface area contributed by atoms with E-state index < -0.39 is 0 Å². The second-order valence-corrected chi connectivity index (χ2v) is 7.29. The van der Waals surface area contributed by atoms with E-state index in [4.69, 9.17) is 0 Å². The predicted molar refractivity (Wildman–Crippen MR) is 82.4 cm³/mol. The van der Waals surface area contributed by atoms with E-state index in [-0.39, 0.29) is 0 Å². The van der Waals surface area contributed by atoms with Crippen molar-refractivity contribution in [3.63, 3.8) is 0 Å². The van der Waals surface area contributed by atoms with Crippen molar-refractivity contribution in [2.45, 2.75) is 32.1 Å². The Morgan fingerprint density at radius 1 is 1.00 bits per heavy atom. The fourth-order valence-corrected chi connectivity index (χ4v) is 4.76. The fourth-order valence-electron chi connectivity index (χ4n) is 2.28. The average Bonchev–Trinajstić information content (AvgIpc) is 2.68. The molecule has 3 rings (SSSR count). The van der Waals surface area contributed by atoms with Crippen molar-refractivity contribution in [2.75, 3.05) is 0 Å². The first-order valence-corrected chi connectivity index (χ1v) is 7.81. The van der Waals surface area contributed by atoms with Gasteiger partial charge in [-0.1, -0.05) is 47.2 Å². The predicted octanol–water partition coefficient (Wildman–Crippen LogP) is 5.44. The lowest BCUT2D eigenvalue weighted by Crippen LogP contribution is -1.96. The molecule has 0 unspecified atom stereocenters. The lowest BCUT2D eigenvalue weighted by molar-refractivity contribution is 1.14. The SMILES string of the molecule is CC1=C(c2ccc(C)cc2)Sc2cc(C)sc2C1. The summed E-state index contributed by atoms with van der Waals surface area (Å²) in [5, 5.41) is 0. The molecule has 0 spiro atoms. The maximum atomic E-state index is 2.32. The normalized spacial score (nSPS) is 14.8. The highest BCUT2D eigenvalue weighted by molar-refractivity contribution is 8.08. The Morgan fingerprint density at radius 2 is 1.72 bits per heavy atom. The molecule has 0 atom stereocenters. The van der Waals surface area contributed by atoms with E-state index in [9.17, 15) is 0 Å². The van der Waals surface area contributed by atoms with Gasteiger partial charge in [0.15, 0.2) is 0 Å². The van der Waals surface area contributed by atoms with E-state index in [1.165, 1.54) is 36.3 Å². The molecule has 92 valence electrons. The third-order valence-corrected chi connectivity index (χ3v) is 5.78. The van der Waals surface area contributed by atoms with Crippen LogP contribution in [0.15, 0.2) is 40.8 Å². The van der Waals surface area contributed by atoms with Crippen molar-refractivity contribution in [3.05, 3.63) is 56.8 Å². The van der Waals surface area contributed by atoms with Crippen LogP contribution >= 0.6 is 23.1 Å². The minimum atomic E-state index is 1.12. The molecule has 2 heteroatoms. The van der Waals surface area contributed by atoms with Gasteiger partial charge in [-0.05, 0) is 32.4 Å². The number of aryl methyl sites for hydroxylation is 2. The van der Waals surface area contributed by atoms with Crippen molar-refractivity contribution in [1.29, 1.82) is 0 Å². The number of benzene rings is 1. The molecule has 18 heavy (non-hydrogen) atoms. The highest BCUT2D eigenvalue weighted by Crippen LogP contribution is 2.46. The maximum Gasteiger partial charge on any atom is 0.0267 e. The highest BCUT2D eigenvalue weighted by Gasteiger charge is 2.19. The molecule has 0 aliphatic carbocycles. The first-order chi connectivity index (χ1) is 8.63. The molecule has 0 fully saturated rings. The third-order valence-electron chi connectivity index (χ3n) is 3.23. The summed E-state index contributed by atoms with van der Waals surface area (Å²) in [4.78, 5) is 5.86. The fraction of sp³-hybridized carbons (Fsp3) is 0.250. The van der Waals surface area contributed by atoms with Crippen molar-refractivity contribution < 1.29 is 0 Å². The van der Waals surface area contributed by atoms with Crippen LogP contribution in [0.5, 0.6) is 0 Å². The summed E-state index contributed by atoms with van der Waals surface area (Å²) in [5.74, 6) is 0. The van der Waals surface area contributed by atoms with Crippen molar-refractivity contribution in [3.8, 4) is 0 Å². The quantitative estimate of drug-likeness (QED) is 0.665. The van der Waals surface area contributed by atoms with Crippen molar-refractivity contribution in [2.24, 2.45) is 0 Å². The summed E-state index contributed by atoms with van der Waals surface area (Å²) in [5.41, 5.74) is 4.18. The Kier molecular flexibility index (Phi) is 3.08. The lowest BCUT2D eigenvalue weighted by Gasteiger charge is -2.18. The van der Waals surface area contributed by atoms with Gasteiger partial charge in [0, 0.05) is 26.0 Å². The minimum absolute atomic E-state index is 1.12. The zero-order valence-corrected chi connectivity index (χ0v) is 12.5. The molecule has 0 radical (unpaired) electrons. The molecular formula is C16H16S2. The maximum absolute atomic E-state index is 2.32. The first kappa shape index (κ1) is 12.1. The number of hydrogen-bond donors (Lipinski definition) is 0. The summed E-state index contributed by atoms with van der Waals surface area (Å²) in [6.45, 7) is 6.60. The molecule has 0 N–H and O–H groups in total. The zero-order chi connectivity index (χ0) is 12.7. The second-order valence-electron chi connectivity index (χ2n) is 4.90. The van der Waals surface area contributed by atoms with Gasteiger partial charge in [0.05, 0.1) is 0 Å². The molecule has 1 aromatic heterocycles. The summed E-state index contributed by atoms with van der Waals surface area (Å²) < 4.78 is 0. The summed E-state index contributed by atoms with van der Waals surface area (Å²) in [7, 11) is 0. The molecule has 0 nitrogen and oxygen atoms in total. The van der Waals surface area contributed by atoms with Crippen LogP contribution in [0.2, 0.25) is 0 Å². The van der Waals surface area contributed by atoms with E-state index in [1.54, 1.807) is 0 Å². The number of thioether (sulfide) groups is 1. The van der Waals surface area contributed by atoms with Crippen molar-refractivity contribution in [1.82, 2.24) is 0 Å². The van der Waals surface area contributed by atoms with Crippen LogP contribution in [-0.4, -0.2) is 0 Å². The monoisotopic (exact) mass is 272 g/mol. The Bertz CT molecular complexity index is 615. The molecular weight excluding hydrogens is 256 g/mol. The van der Waals surface area contributed by atoms with Crippen LogP contribution < -0.4 is 0 Å². The van der Waals surface area contributed by atoms with Gasteiger partial charge >= 0.3 is 0 Å². The van der Waals surface area contributed by atoms with Gasteiger partial charge in [0.1, 0.15) is 0 Å². The Balaban J connectivity index is 2.00. The number of hydrogen-bond acceptors (Lipinski definition) is 2. The van der Waals surface area contributed by atoms with E-state index in [1.807, 2.05) is 23.1 Å². The summed E-state index contributed by atoms with van der Waals surface area (Å²) in [6, 6.07) is 11.2. The molecule has 1 aliphatic rings. The van der Waals surface area contributed by atoms with Gasteiger partial charge in [0.25, 0.3) is 0 Å². The number of thiophene rings is 1. The standard InChI is InChI=1S/C16H16S2/c1-10-4-6-13(7-5-10)16-11(2)8-14-15(18-16)9-12(3)17-14/h4-7,9H,8H2,1-3H3. The zero-order valence-electron chi connectivity index (χ0n) is 10.9. The smallest absolute Gasteiger partial charge is 0.0267 e. The largest absolute Gasteiger partial charge is 0.144 e. The molecule has 2 aromatic rings. The summed E-state index contributed by atoms with van der Waals surface area (Å²) >= 11 is 3.87. The van der Waals surface area contributed by atoms with Crippen LogP contribution in [0.25, 0.3) is 4.91 Å². The van der Waals surface area contributed by atoms with Gasteiger partial charge in [0.2, 0.25) is 0 Å². The van der Waals surface area contributed by atoms with Crippen LogP contribution in [0.1, 0.15) is 27.8 Å². The summed E-state index contributed by atoms with van der Waals surface area (Å²) in [6.07, 6.45) is 1.12. The molecule has 0 saturated heterocycles. The van der Waals surface area contributed by atoms with Crippen LogP contribution in [0, 0.1) is 13.8 Å². The number of fused-ring (bicyclic) bond motifs is 1. The minimum Gasteiger partial charge on any atom is -0.144 e. The first-order valence-electron chi connectivity index (χ1n) is 6.17. The molecule has 0 saturated carbocycles. The Labute approximate surface area is 117 Å². The van der Waals surface area contributed by atoms with Crippen LogP contribution in [-0.2, 0) is 6.42 Å². The van der Waals surface area contributed by atoms with Crippen LogP contribution in [0.3, 0.4) is 0 Å². The van der Waals surface area contributed by atoms with Gasteiger partial charge in [-0.25, -0.2) is 0 Å². The second kappa shape index (κ2) is 4.60. The van der Waals surface area contributed by atoms with Gasteiger partial charge in [-0.15, -0.1) is 11.3 Å². The lowest BCUT2D eigenvalue weighted by atomic mass is 10.1. The van der Waals surface area contributed by atoms with E-state index in [0.717, 1.165) is 6.42 Å². The molecule has 1 aliphatic heterocycles. The Hall–Kier alpha value is -0.990. The van der Waals surface area contributed by atoms with Gasteiger partial charge in [-0.2, -0.15) is 0 Å². The highest BCUT2D eigenvalue weighted by atomic mass is 32.2. The van der Waals surface area contributed by atoms with Crippen molar-refractivity contribution >= 4 is 28.0 Å². The third kappa shape index (κ3) is 2.15. The van der Waals surface area contributed by atoms with Gasteiger partial charge in [-0.3, -0.25) is 0 Å². The van der Waals surface area contributed by atoms with E-state index in [2.05, 4.69) is 51.1 Å². The van der Waals surface area contributed by atoms with E-state index >= 15 is 0 Å².